The highest BCUT2D eigenvalue weighted by Gasteiger charge is 2.22. The fraction of sp³-hybridized carbons (Fsp3) is 0.238. The van der Waals surface area contributed by atoms with Gasteiger partial charge in [-0.3, -0.25) is 18.6 Å². The summed E-state index contributed by atoms with van der Waals surface area (Å²) in [5, 5.41) is 9.11. The zero-order valence-corrected chi connectivity index (χ0v) is 17.5. The van der Waals surface area contributed by atoms with E-state index in [0.29, 0.717) is 27.6 Å². The monoisotopic (exact) mass is 424 g/mol. The number of esters is 1. The number of hydrogen-bond donors (Lipinski definition) is 0. The third kappa shape index (κ3) is 3.41. The van der Waals surface area contributed by atoms with Crippen molar-refractivity contribution in [1.82, 2.24) is 19.2 Å². The van der Waals surface area contributed by atoms with E-state index in [1.165, 1.54) is 18.9 Å². The maximum absolute atomic E-state index is 13.3. The number of hydrogen-bond acceptors (Lipinski definition) is 7. The van der Waals surface area contributed by atoms with E-state index in [1.807, 2.05) is 42.5 Å². The minimum absolute atomic E-state index is 0.172. The zero-order chi connectivity index (χ0) is 21.3. The van der Waals surface area contributed by atoms with Gasteiger partial charge in [0.1, 0.15) is 11.0 Å². The Labute approximate surface area is 176 Å². The van der Waals surface area contributed by atoms with Gasteiger partial charge in [-0.25, -0.2) is 0 Å². The first-order valence-corrected chi connectivity index (χ1v) is 10.2. The highest BCUT2D eigenvalue weighted by molar-refractivity contribution is 8.00. The number of methoxy groups -OCH3 is 2. The van der Waals surface area contributed by atoms with Gasteiger partial charge in [-0.15, -0.1) is 10.2 Å². The van der Waals surface area contributed by atoms with Crippen LogP contribution in [-0.4, -0.2) is 44.6 Å². The number of para-hydroxylation sites is 2. The van der Waals surface area contributed by atoms with Gasteiger partial charge in [-0.2, -0.15) is 0 Å². The van der Waals surface area contributed by atoms with Gasteiger partial charge in [0.2, 0.25) is 5.78 Å². The van der Waals surface area contributed by atoms with Crippen molar-refractivity contribution in [3.05, 3.63) is 64.4 Å². The average Bonchev–Trinajstić information content (AvgIpc) is 3.19. The molecular formula is C21H20N4O4S. The molecule has 30 heavy (non-hydrogen) atoms. The lowest BCUT2D eigenvalue weighted by molar-refractivity contribution is -0.139. The number of carbonyl (C=O) groups is 1. The van der Waals surface area contributed by atoms with Crippen molar-refractivity contribution in [3.8, 4) is 5.75 Å². The molecule has 0 aliphatic rings. The number of thioether (sulfide) groups is 1. The minimum atomic E-state index is -0.476. The highest BCUT2D eigenvalue weighted by atomic mass is 32.2. The molecule has 0 radical (unpaired) electrons. The first-order valence-electron chi connectivity index (χ1n) is 9.28. The molecule has 0 bridgehead atoms. The molecule has 0 saturated heterocycles. The number of benzene rings is 2. The molecule has 1 atom stereocenters. The van der Waals surface area contributed by atoms with Gasteiger partial charge in [0, 0.05) is 5.56 Å². The van der Waals surface area contributed by atoms with E-state index in [1.54, 1.807) is 29.1 Å². The van der Waals surface area contributed by atoms with Crippen LogP contribution in [0.25, 0.3) is 16.7 Å². The van der Waals surface area contributed by atoms with Crippen LogP contribution in [0.1, 0.15) is 12.5 Å². The van der Waals surface area contributed by atoms with E-state index in [0.717, 1.165) is 5.56 Å². The van der Waals surface area contributed by atoms with E-state index < -0.39 is 5.25 Å². The largest absolute Gasteiger partial charge is 0.496 e. The van der Waals surface area contributed by atoms with Gasteiger partial charge in [-0.05, 0) is 25.1 Å². The summed E-state index contributed by atoms with van der Waals surface area (Å²) >= 11 is 1.23. The molecule has 8 nitrogen and oxygen atoms in total. The molecule has 0 fully saturated rings. The standard InChI is InChI=1S/C21H20N4O4S/c1-13(19(27)29-3)30-21-23-22-20-24(12-14-8-4-7-11-17(14)28-2)18(26)15-9-5-6-10-16(15)25(20)21/h4-11,13H,12H2,1-3H3. The van der Waals surface area contributed by atoms with E-state index in [9.17, 15) is 9.59 Å². The normalized spacial score (nSPS) is 12.2. The molecule has 0 aliphatic carbocycles. The van der Waals surface area contributed by atoms with Gasteiger partial charge in [0.15, 0.2) is 5.16 Å². The SMILES string of the molecule is COC(=O)C(C)Sc1nnc2n(Cc3ccccc3OC)c(=O)c3ccccc3n12. The van der Waals surface area contributed by atoms with Crippen molar-refractivity contribution in [2.75, 3.05) is 14.2 Å². The zero-order valence-electron chi connectivity index (χ0n) is 16.7. The van der Waals surface area contributed by atoms with Gasteiger partial charge < -0.3 is 9.47 Å². The van der Waals surface area contributed by atoms with Crippen LogP contribution < -0.4 is 10.3 Å². The summed E-state index contributed by atoms with van der Waals surface area (Å²) in [7, 11) is 2.94. The molecule has 9 heteroatoms. The summed E-state index contributed by atoms with van der Waals surface area (Å²) < 4.78 is 13.6. The molecule has 0 aliphatic heterocycles. The number of ether oxygens (including phenoxy) is 2. The van der Waals surface area contributed by atoms with Gasteiger partial charge in [0.05, 0.1) is 31.7 Å². The smallest absolute Gasteiger partial charge is 0.318 e. The van der Waals surface area contributed by atoms with Gasteiger partial charge in [0.25, 0.3) is 5.56 Å². The van der Waals surface area contributed by atoms with E-state index >= 15 is 0 Å². The van der Waals surface area contributed by atoms with Crippen LogP contribution in [0.2, 0.25) is 0 Å². The Hall–Kier alpha value is -3.33. The van der Waals surface area contributed by atoms with Crippen LogP contribution in [0.15, 0.2) is 58.5 Å². The first kappa shape index (κ1) is 20.0. The quantitative estimate of drug-likeness (QED) is 0.347. The second-order valence-electron chi connectivity index (χ2n) is 6.62. The summed E-state index contributed by atoms with van der Waals surface area (Å²) in [6.07, 6.45) is 0. The van der Waals surface area contributed by atoms with Crippen molar-refractivity contribution in [1.29, 1.82) is 0 Å². The van der Waals surface area contributed by atoms with Crippen LogP contribution in [0.3, 0.4) is 0 Å². The van der Waals surface area contributed by atoms with Gasteiger partial charge >= 0.3 is 5.97 Å². The number of nitrogens with zero attached hydrogens (tertiary/aromatic N) is 4. The van der Waals surface area contributed by atoms with Crippen molar-refractivity contribution >= 4 is 34.4 Å². The molecular weight excluding hydrogens is 404 g/mol. The van der Waals surface area contributed by atoms with Crippen LogP contribution in [0.4, 0.5) is 0 Å². The predicted octanol–water partition coefficient (Wildman–Crippen LogP) is 2.75. The summed E-state index contributed by atoms with van der Waals surface area (Å²) in [5.74, 6) is 0.719. The molecule has 154 valence electrons. The Morgan fingerprint density at radius 1 is 1.10 bits per heavy atom. The number of rotatable bonds is 6. The summed E-state index contributed by atoms with van der Waals surface area (Å²) in [6.45, 7) is 2.01. The van der Waals surface area contributed by atoms with E-state index in [4.69, 9.17) is 9.47 Å². The Kier molecular flexibility index (Phi) is 5.45. The fourth-order valence-corrected chi connectivity index (χ4v) is 4.21. The Morgan fingerprint density at radius 2 is 1.83 bits per heavy atom. The van der Waals surface area contributed by atoms with E-state index in [-0.39, 0.29) is 18.1 Å². The lowest BCUT2D eigenvalue weighted by atomic mass is 10.2. The first-order chi connectivity index (χ1) is 14.5. The van der Waals surface area contributed by atoms with Crippen molar-refractivity contribution in [2.24, 2.45) is 0 Å². The van der Waals surface area contributed by atoms with Crippen molar-refractivity contribution < 1.29 is 14.3 Å². The molecule has 4 aromatic rings. The van der Waals surface area contributed by atoms with Crippen molar-refractivity contribution in [2.45, 2.75) is 23.9 Å². The average molecular weight is 424 g/mol. The number of aromatic nitrogens is 4. The van der Waals surface area contributed by atoms with Crippen LogP contribution in [0.5, 0.6) is 5.75 Å². The van der Waals surface area contributed by atoms with Gasteiger partial charge in [-0.1, -0.05) is 42.1 Å². The Bertz CT molecular complexity index is 1300. The molecule has 2 aromatic heterocycles. The molecule has 2 heterocycles. The molecule has 2 aromatic carbocycles. The van der Waals surface area contributed by atoms with Crippen LogP contribution in [0, 0.1) is 0 Å². The topological polar surface area (TPSA) is 87.7 Å². The lowest BCUT2D eigenvalue weighted by Crippen LogP contribution is -2.24. The van der Waals surface area contributed by atoms with Crippen LogP contribution >= 0.6 is 11.8 Å². The van der Waals surface area contributed by atoms with Crippen LogP contribution in [-0.2, 0) is 16.1 Å². The molecule has 0 amide bonds. The number of fused-ring (bicyclic) bond motifs is 3. The molecule has 0 saturated carbocycles. The minimum Gasteiger partial charge on any atom is -0.496 e. The third-order valence-electron chi connectivity index (χ3n) is 4.81. The highest BCUT2D eigenvalue weighted by Crippen LogP contribution is 2.26. The molecule has 0 N–H and O–H groups in total. The summed E-state index contributed by atoms with van der Waals surface area (Å²) in [5.41, 5.74) is 1.35. The molecule has 4 rings (SSSR count). The second kappa shape index (κ2) is 8.19. The summed E-state index contributed by atoms with van der Waals surface area (Å²) in [6, 6.07) is 14.8. The Morgan fingerprint density at radius 3 is 2.60 bits per heavy atom. The fourth-order valence-electron chi connectivity index (χ4n) is 3.33. The molecule has 1 unspecified atom stereocenters. The second-order valence-corrected chi connectivity index (χ2v) is 7.93. The molecule has 0 spiro atoms. The van der Waals surface area contributed by atoms with E-state index in [2.05, 4.69) is 10.2 Å². The maximum Gasteiger partial charge on any atom is 0.318 e. The third-order valence-corrected chi connectivity index (χ3v) is 5.84. The number of carbonyl (C=O) groups excluding carboxylic acids is 1. The lowest BCUT2D eigenvalue weighted by Gasteiger charge is -2.14. The predicted molar refractivity (Wildman–Crippen MR) is 114 cm³/mol. The maximum atomic E-state index is 13.3. The van der Waals surface area contributed by atoms with Crippen molar-refractivity contribution in [3.63, 3.8) is 0 Å². The summed E-state index contributed by atoms with van der Waals surface area (Å²) in [4.78, 5) is 25.2. The Balaban J connectivity index is 1.93.